The van der Waals surface area contributed by atoms with Crippen LogP contribution in [0.15, 0.2) is 30.5 Å². The maximum absolute atomic E-state index is 12.6. The lowest BCUT2D eigenvalue weighted by atomic mass is 9.95. The van der Waals surface area contributed by atoms with Gasteiger partial charge in [-0.2, -0.15) is 5.10 Å². The number of hydrogen-bond donors (Lipinski definition) is 2. The first kappa shape index (κ1) is 23.0. The number of aryl methyl sites for hydroxylation is 1. The van der Waals surface area contributed by atoms with E-state index >= 15 is 0 Å². The van der Waals surface area contributed by atoms with E-state index in [1.54, 1.807) is 28.2 Å². The number of nitrogens with one attached hydrogen (secondary N) is 2. The molecule has 0 saturated carbocycles. The van der Waals surface area contributed by atoms with Crippen molar-refractivity contribution in [3.63, 3.8) is 0 Å². The fraction of sp³-hybridized carbons (Fsp3) is 0.318. The number of rotatable bonds is 6. The van der Waals surface area contributed by atoms with Crippen LogP contribution in [0.2, 0.25) is 10.0 Å². The number of carbonyl (C=O) groups excluding carboxylic acids is 1. The highest BCUT2D eigenvalue weighted by Crippen LogP contribution is 2.38. The van der Waals surface area contributed by atoms with Crippen molar-refractivity contribution in [3.8, 4) is 0 Å². The summed E-state index contributed by atoms with van der Waals surface area (Å²) < 4.78 is 7.06. The number of anilines is 2. The molecule has 0 aliphatic heterocycles. The molecule has 2 heterocycles. The van der Waals surface area contributed by atoms with E-state index in [1.807, 2.05) is 25.3 Å². The fourth-order valence-corrected chi connectivity index (χ4v) is 5.69. The van der Waals surface area contributed by atoms with E-state index in [0.717, 1.165) is 41.8 Å². The SMILES string of the molecule is CCOC(=O)c1c(NC(=S)Nc2ccn(Cc3ccc(Cl)cc3Cl)n2)sc2c1CCCC2. The van der Waals surface area contributed by atoms with Crippen molar-refractivity contribution in [1.29, 1.82) is 0 Å². The van der Waals surface area contributed by atoms with Crippen LogP contribution in [0.3, 0.4) is 0 Å². The van der Waals surface area contributed by atoms with E-state index in [9.17, 15) is 4.79 Å². The Kier molecular flexibility index (Phi) is 7.35. The third kappa shape index (κ3) is 5.26. The van der Waals surface area contributed by atoms with Gasteiger partial charge in [0.1, 0.15) is 5.00 Å². The number of aromatic nitrogens is 2. The van der Waals surface area contributed by atoms with Gasteiger partial charge in [-0.15, -0.1) is 11.3 Å². The van der Waals surface area contributed by atoms with Crippen LogP contribution in [0, 0.1) is 0 Å². The number of hydrogen-bond acceptors (Lipinski definition) is 5. The van der Waals surface area contributed by atoms with Crippen molar-refractivity contribution < 1.29 is 9.53 Å². The predicted molar refractivity (Wildman–Crippen MR) is 135 cm³/mol. The van der Waals surface area contributed by atoms with Gasteiger partial charge in [0.05, 0.1) is 18.7 Å². The van der Waals surface area contributed by atoms with Crippen LogP contribution in [0.1, 0.15) is 46.1 Å². The molecule has 0 bridgehead atoms. The third-order valence-electron chi connectivity index (χ3n) is 5.11. The van der Waals surface area contributed by atoms with Crippen LogP contribution in [-0.2, 0) is 24.1 Å². The van der Waals surface area contributed by atoms with Crippen molar-refractivity contribution in [2.45, 2.75) is 39.2 Å². The van der Waals surface area contributed by atoms with Crippen LogP contribution in [0.5, 0.6) is 0 Å². The number of fused-ring (bicyclic) bond motifs is 1. The first-order valence-corrected chi connectivity index (χ1v) is 12.3. The van der Waals surface area contributed by atoms with E-state index in [1.165, 1.54) is 4.88 Å². The maximum Gasteiger partial charge on any atom is 0.341 e. The quantitative estimate of drug-likeness (QED) is 0.306. The first-order valence-electron chi connectivity index (χ1n) is 10.3. The lowest BCUT2D eigenvalue weighted by Crippen LogP contribution is -2.21. The zero-order chi connectivity index (χ0) is 22.7. The number of thiocarbonyl (C=S) groups is 1. The van der Waals surface area contributed by atoms with Gasteiger partial charge in [-0.3, -0.25) is 4.68 Å². The summed E-state index contributed by atoms with van der Waals surface area (Å²) in [5.41, 5.74) is 2.61. The second-order valence-corrected chi connectivity index (χ2v) is 9.71. The molecule has 4 rings (SSSR count). The Morgan fingerprint density at radius 2 is 2.06 bits per heavy atom. The highest BCUT2D eigenvalue weighted by Gasteiger charge is 2.26. The fourth-order valence-electron chi connectivity index (χ4n) is 3.66. The van der Waals surface area contributed by atoms with E-state index in [2.05, 4.69) is 15.7 Å². The Balaban J connectivity index is 1.45. The smallest absolute Gasteiger partial charge is 0.341 e. The minimum absolute atomic E-state index is 0.304. The van der Waals surface area contributed by atoms with Gasteiger partial charge in [0.2, 0.25) is 0 Å². The Labute approximate surface area is 205 Å². The molecule has 2 aromatic heterocycles. The monoisotopic (exact) mass is 508 g/mol. The highest BCUT2D eigenvalue weighted by molar-refractivity contribution is 7.80. The van der Waals surface area contributed by atoms with Gasteiger partial charge < -0.3 is 15.4 Å². The molecule has 0 saturated heterocycles. The highest BCUT2D eigenvalue weighted by atomic mass is 35.5. The summed E-state index contributed by atoms with van der Waals surface area (Å²) >= 11 is 19.3. The normalized spacial score (nSPS) is 12.8. The first-order chi connectivity index (χ1) is 15.4. The van der Waals surface area contributed by atoms with E-state index in [-0.39, 0.29) is 5.97 Å². The lowest BCUT2D eigenvalue weighted by molar-refractivity contribution is 0.0526. The van der Waals surface area contributed by atoms with Gasteiger partial charge in [-0.1, -0.05) is 29.3 Å². The van der Waals surface area contributed by atoms with Crippen molar-refractivity contribution >= 4 is 68.7 Å². The number of ether oxygens (including phenoxy) is 1. The molecule has 0 radical (unpaired) electrons. The van der Waals surface area contributed by atoms with Crippen LogP contribution < -0.4 is 10.6 Å². The van der Waals surface area contributed by atoms with Crippen LogP contribution in [0.25, 0.3) is 0 Å². The third-order valence-corrected chi connectivity index (χ3v) is 7.11. The average Bonchev–Trinajstić information content (AvgIpc) is 3.33. The van der Waals surface area contributed by atoms with E-state index in [4.69, 9.17) is 40.2 Å². The van der Waals surface area contributed by atoms with Gasteiger partial charge in [-0.25, -0.2) is 4.79 Å². The molecular formula is C22H22Cl2N4O2S2. The van der Waals surface area contributed by atoms with Crippen molar-refractivity contribution in [2.75, 3.05) is 17.2 Å². The van der Waals surface area contributed by atoms with Gasteiger partial charge in [0.25, 0.3) is 0 Å². The van der Waals surface area contributed by atoms with Gasteiger partial charge in [-0.05, 0) is 68.1 Å². The molecule has 2 N–H and O–H groups in total. The van der Waals surface area contributed by atoms with Crippen LogP contribution in [0.4, 0.5) is 10.8 Å². The second-order valence-electron chi connectivity index (χ2n) is 7.35. The molecule has 1 aliphatic carbocycles. The Morgan fingerprint density at radius 3 is 2.84 bits per heavy atom. The molecule has 0 atom stereocenters. The van der Waals surface area contributed by atoms with Gasteiger partial charge in [0.15, 0.2) is 10.9 Å². The van der Waals surface area contributed by atoms with Crippen LogP contribution in [-0.4, -0.2) is 27.5 Å². The summed E-state index contributed by atoms with van der Waals surface area (Å²) in [6, 6.07) is 7.21. The summed E-state index contributed by atoms with van der Waals surface area (Å²) in [5, 5.41) is 13.0. The summed E-state index contributed by atoms with van der Waals surface area (Å²) in [6.07, 6.45) is 5.91. The molecule has 1 aromatic carbocycles. The molecule has 32 heavy (non-hydrogen) atoms. The van der Waals surface area contributed by atoms with E-state index < -0.39 is 0 Å². The Morgan fingerprint density at radius 1 is 1.25 bits per heavy atom. The average molecular weight is 509 g/mol. The predicted octanol–water partition coefficient (Wildman–Crippen LogP) is 6.16. The van der Waals surface area contributed by atoms with Crippen molar-refractivity contribution in [2.24, 2.45) is 0 Å². The molecule has 0 unspecified atom stereocenters. The molecule has 6 nitrogen and oxygen atoms in total. The zero-order valence-corrected chi connectivity index (χ0v) is 20.6. The number of halogens is 2. The van der Waals surface area contributed by atoms with Crippen LogP contribution >= 0.6 is 46.8 Å². The summed E-state index contributed by atoms with van der Waals surface area (Å²) in [5.74, 6) is 0.285. The number of esters is 1. The topological polar surface area (TPSA) is 68.2 Å². The molecule has 0 spiro atoms. The minimum atomic E-state index is -0.304. The zero-order valence-electron chi connectivity index (χ0n) is 17.4. The summed E-state index contributed by atoms with van der Waals surface area (Å²) in [6.45, 7) is 2.65. The summed E-state index contributed by atoms with van der Waals surface area (Å²) in [7, 11) is 0. The number of carbonyl (C=O) groups is 1. The van der Waals surface area contributed by atoms with Crippen molar-refractivity contribution in [3.05, 3.63) is 62.1 Å². The molecule has 168 valence electrons. The molecule has 0 fully saturated rings. The molecular weight excluding hydrogens is 487 g/mol. The molecule has 10 heteroatoms. The Bertz CT molecular complexity index is 1160. The lowest BCUT2D eigenvalue weighted by Gasteiger charge is -2.12. The summed E-state index contributed by atoms with van der Waals surface area (Å²) in [4.78, 5) is 13.8. The molecule has 1 aliphatic rings. The number of thiophene rings is 1. The Hall–Kier alpha value is -2.13. The van der Waals surface area contributed by atoms with Gasteiger partial charge >= 0.3 is 5.97 Å². The number of benzene rings is 1. The largest absolute Gasteiger partial charge is 0.462 e. The minimum Gasteiger partial charge on any atom is -0.462 e. The van der Waals surface area contributed by atoms with Gasteiger partial charge in [0, 0.05) is 27.2 Å². The second kappa shape index (κ2) is 10.2. The molecule has 3 aromatic rings. The van der Waals surface area contributed by atoms with E-state index in [0.29, 0.717) is 39.7 Å². The molecule has 0 amide bonds. The van der Waals surface area contributed by atoms with Crippen molar-refractivity contribution in [1.82, 2.24) is 9.78 Å². The standard InChI is InChI=1S/C22H22Cl2N4O2S2/c1-2-30-21(29)19-15-5-3-4-6-17(15)32-20(19)26-22(31)25-18-9-10-28(27-18)12-13-7-8-14(23)11-16(13)24/h7-11H,2-6,12H2,1H3,(H2,25,26,27,31). The number of nitrogens with zero attached hydrogens (tertiary/aromatic N) is 2. The maximum atomic E-state index is 12.6.